The average molecular weight is 335 g/mol. The minimum absolute atomic E-state index is 0.102. The molecule has 2 aromatic rings. The van der Waals surface area contributed by atoms with E-state index >= 15 is 0 Å². The summed E-state index contributed by atoms with van der Waals surface area (Å²) in [6.45, 7) is 6.36. The van der Waals surface area contributed by atoms with Gasteiger partial charge in [-0.1, -0.05) is 30.7 Å². The first-order chi connectivity index (χ1) is 11.2. The molecule has 1 aliphatic rings. The van der Waals surface area contributed by atoms with Gasteiger partial charge < -0.3 is 19.0 Å². The Bertz CT molecular complexity index is 678. The van der Waals surface area contributed by atoms with Gasteiger partial charge in [-0.05, 0) is 24.7 Å². The second kappa shape index (κ2) is 7.06. The van der Waals surface area contributed by atoms with E-state index < -0.39 is 0 Å². The maximum absolute atomic E-state index is 12.5. The van der Waals surface area contributed by atoms with Crippen molar-refractivity contribution in [1.29, 1.82) is 0 Å². The van der Waals surface area contributed by atoms with Crippen molar-refractivity contribution in [3.05, 3.63) is 47.2 Å². The molecular formula is C17H19ClN2O3. The number of rotatable bonds is 4. The van der Waals surface area contributed by atoms with Crippen molar-refractivity contribution in [1.82, 2.24) is 9.80 Å². The summed E-state index contributed by atoms with van der Waals surface area (Å²) < 4.78 is 11.1. The number of para-hydroxylation sites is 1. The number of ether oxygens (including phenoxy) is 1. The van der Waals surface area contributed by atoms with Crippen molar-refractivity contribution in [2.75, 3.05) is 32.7 Å². The second-order valence-electron chi connectivity index (χ2n) is 5.38. The number of halogens is 1. The largest absolute Gasteiger partial charge is 0.424 e. The Morgan fingerprint density at radius 3 is 2.61 bits per heavy atom. The van der Waals surface area contributed by atoms with Crippen LogP contribution in [0, 0.1) is 0 Å². The lowest BCUT2D eigenvalue weighted by molar-refractivity contribution is 0.0608. The van der Waals surface area contributed by atoms with Crippen LogP contribution in [0.15, 0.2) is 40.8 Å². The first-order valence-electron chi connectivity index (χ1n) is 7.71. The molecule has 1 fully saturated rings. The van der Waals surface area contributed by atoms with Crippen LogP contribution in [0.2, 0.25) is 5.02 Å². The standard InChI is InChI=1S/C17H19ClN2O3/c1-2-19-9-11-20(12-10-19)17(21)15-7-8-16(23-15)22-14-6-4-3-5-13(14)18/h3-8H,2,9-12H2,1H3. The zero-order valence-corrected chi connectivity index (χ0v) is 13.8. The number of furan rings is 1. The van der Waals surface area contributed by atoms with Crippen LogP contribution in [0.4, 0.5) is 0 Å². The van der Waals surface area contributed by atoms with Crippen molar-refractivity contribution in [3.8, 4) is 11.7 Å². The fraction of sp³-hybridized carbons (Fsp3) is 0.353. The Labute approximate surface area is 140 Å². The molecule has 23 heavy (non-hydrogen) atoms. The molecule has 1 amide bonds. The Morgan fingerprint density at radius 2 is 1.91 bits per heavy atom. The third-order valence-electron chi connectivity index (χ3n) is 3.95. The van der Waals surface area contributed by atoms with Crippen molar-refractivity contribution < 1.29 is 13.9 Å². The summed E-state index contributed by atoms with van der Waals surface area (Å²) in [5.41, 5.74) is 0. The molecule has 3 rings (SSSR count). The van der Waals surface area contributed by atoms with Gasteiger partial charge in [0.2, 0.25) is 0 Å². The number of hydrogen-bond donors (Lipinski definition) is 0. The lowest BCUT2D eigenvalue weighted by Gasteiger charge is -2.33. The van der Waals surface area contributed by atoms with E-state index in [9.17, 15) is 4.79 Å². The highest BCUT2D eigenvalue weighted by atomic mass is 35.5. The van der Waals surface area contributed by atoms with E-state index in [0.717, 1.165) is 19.6 Å². The third kappa shape index (κ3) is 3.68. The summed E-state index contributed by atoms with van der Waals surface area (Å²) in [6, 6.07) is 10.4. The van der Waals surface area contributed by atoms with E-state index in [1.807, 2.05) is 17.0 Å². The first kappa shape index (κ1) is 15.9. The van der Waals surface area contributed by atoms with Gasteiger partial charge in [-0.3, -0.25) is 4.79 Å². The quantitative estimate of drug-likeness (QED) is 0.858. The number of hydrogen-bond acceptors (Lipinski definition) is 4. The summed E-state index contributed by atoms with van der Waals surface area (Å²) in [6.07, 6.45) is 0. The predicted molar refractivity (Wildman–Crippen MR) is 88.3 cm³/mol. The van der Waals surface area contributed by atoms with E-state index in [0.29, 0.717) is 23.9 Å². The molecule has 6 heteroatoms. The van der Waals surface area contributed by atoms with Gasteiger partial charge >= 0.3 is 0 Å². The molecule has 0 saturated carbocycles. The molecule has 5 nitrogen and oxygen atoms in total. The molecule has 1 aliphatic heterocycles. The summed E-state index contributed by atoms with van der Waals surface area (Å²) in [5, 5.41) is 0.493. The summed E-state index contributed by atoms with van der Waals surface area (Å²) in [7, 11) is 0. The highest BCUT2D eigenvalue weighted by molar-refractivity contribution is 6.32. The van der Waals surface area contributed by atoms with Gasteiger partial charge in [0.15, 0.2) is 5.76 Å². The van der Waals surface area contributed by atoms with Crippen molar-refractivity contribution >= 4 is 17.5 Å². The Hall–Kier alpha value is -1.98. The van der Waals surface area contributed by atoms with Gasteiger partial charge in [-0.15, -0.1) is 0 Å². The van der Waals surface area contributed by atoms with E-state index in [-0.39, 0.29) is 17.6 Å². The number of piperazine rings is 1. The number of nitrogens with zero attached hydrogens (tertiary/aromatic N) is 2. The van der Waals surface area contributed by atoms with Crippen molar-refractivity contribution in [2.24, 2.45) is 0 Å². The molecule has 1 saturated heterocycles. The van der Waals surface area contributed by atoms with Gasteiger partial charge in [-0.25, -0.2) is 0 Å². The number of likely N-dealkylation sites (N-methyl/N-ethyl adjacent to an activating group) is 1. The van der Waals surface area contributed by atoms with Gasteiger partial charge in [0.25, 0.3) is 11.9 Å². The predicted octanol–water partition coefficient (Wildman–Crippen LogP) is 3.50. The van der Waals surface area contributed by atoms with E-state index in [1.54, 1.807) is 24.3 Å². The zero-order chi connectivity index (χ0) is 16.2. The molecule has 0 unspecified atom stereocenters. The Kier molecular flexibility index (Phi) is 4.88. The fourth-order valence-electron chi connectivity index (χ4n) is 2.55. The molecule has 0 radical (unpaired) electrons. The topological polar surface area (TPSA) is 45.9 Å². The molecule has 0 bridgehead atoms. The highest BCUT2D eigenvalue weighted by Crippen LogP contribution is 2.30. The lowest BCUT2D eigenvalue weighted by Crippen LogP contribution is -2.48. The van der Waals surface area contributed by atoms with Gasteiger partial charge in [0.1, 0.15) is 5.75 Å². The summed E-state index contributed by atoms with van der Waals surface area (Å²) >= 11 is 6.05. The average Bonchev–Trinajstić information content (AvgIpc) is 3.05. The maximum atomic E-state index is 12.5. The number of amides is 1. The summed E-state index contributed by atoms with van der Waals surface area (Å²) in [5.74, 6) is 0.944. The van der Waals surface area contributed by atoms with Gasteiger partial charge in [-0.2, -0.15) is 0 Å². The molecule has 0 atom stereocenters. The van der Waals surface area contributed by atoms with Crippen LogP contribution in [0.5, 0.6) is 11.7 Å². The lowest BCUT2D eigenvalue weighted by atomic mass is 10.3. The molecule has 0 spiro atoms. The fourth-order valence-corrected chi connectivity index (χ4v) is 2.72. The smallest absolute Gasteiger partial charge is 0.290 e. The van der Waals surface area contributed by atoms with Crippen LogP contribution in [-0.4, -0.2) is 48.4 Å². The highest BCUT2D eigenvalue weighted by Gasteiger charge is 2.24. The minimum atomic E-state index is -0.102. The Morgan fingerprint density at radius 1 is 1.17 bits per heavy atom. The SMILES string of the molecule is CCN1CCN(C(=O)c2ccc(Oc3ccccc3Cl)o2)CC1. The van der Waals surface area contributed by atoms with E-state index in [4.69, 9.17) is 20.8 Å². The number of carbonyl (C=O) groups is 1. The minimum Gasteiger partial charge on any atom is -0.424 e. The van der Waals surface area contributed by atoms with E-state index in [1.165, 1.54) is 0 Å². The van der Waals surface area contributed by atoms with Crippen LogP contribution < -0.4 is 4.74 Å². The first-order valence-corrected chi connectivity index (χ1v) is 8.09. The molecule has 122 valence electrons. The number of carbonyl (C=O) groups excluding carboxylic acids is 1. The van der Waals surface area contributed by atoms with Gasteiger partial charge in [0, 0.05) is 32.2 Å². The molecule has 0 aliphatic carbocycles. The van der Waals surface area contributed by atoms with Crippen LogP contribution in [0.1, 0.15) is 17.5 Å². The molecule has 1 aromatic heterocycles. The van der Waals surface area contributed by atoms with Crippen molar-refractivity contribution in [2.45, 2.75) is 6.92 Å². The van der Waals surface area contributed by atoms with Gasteiger partial charge in [0.05, 0.1) is 5.02 Å². The molecule has 0 N–H and O–H groups in total. The zero-order valence-electron chi connectivity index (χ0n) is 13.0. The Balaban J connectivity index is 1.65. The summed E-state index contributed by atoms with van der Waals surface area (Å²) in [4.78, 5) is 16.6. The molecule has 1 aromatic carbocycles. The molecular weight excluding hydrogens is 316 g/mol. The van der Waals surface area contributed by atoms with Crippen LogP contribution >= 0.6 is 11.6 Å². The normalized spacial score (nSPS) is 15.7. The van der Waals surface area contributed by atoms with Crippen LogP contribution in [0.3, 0.4) is 0 Å². The van der Waals surface area contributed by atoms with E-state index in [2.05, 4.69) is 11.8 Å². The number of benzene rings is 1. The third-order valence-corrected chi connectivity index (χ3v) is 4.26. The monoisotopic (exact) mass is 334 g/mol. The van der Waals surface area contributed by atoms with Crippen molar-refractivity contribution in [3.63, 3.8) is 0 Å². The van der Waals surface area contributed by atoms with Crippen LogP contribution in [0.25, 0.3) is 0 Å². The maximum Gasteiger partial charge on any atom is 0.290 e. The second-order valence-corrected chi connectivity index (χ2v) is 5.78. The molecule has 2 heterocycles. The van der Waals surface area contributed by atoms with Crippen LogP contribution in [-0.2, 0) is 0 Å².